The smallest absolute Gasteiger partial charge is 0.398 e. The Morgan fingerprint density at radius 3 is 2.45 bits per heavy atom. The second kappa shape index (κ2) is 12.8. The van der Waals surface area contributed by atoms with Crippen LogP contribution in [0.15, 0.2) is 63.8 Å². The summed E-state index contributed by atoms with van der Waals surface area (Å²) in [6.45, 7) is 7.24. The summed E-state index contributed by atoms with van der Waals surface area (Å²) in [5.74, 6) is -2.84. The van der Waals surface area contributed by atoms with Crippen molar-refractivity contribution < 1.29 is 31.9 Å². The molecule has 3 rings (SSSR count). The predicted molar refractivity (Wildman–Crippen MR) is 141 cm³/mol. The molecule has 1 unspecified atom stereocenters. The van der Waals surface area contributed by atoms with Crippen LogP contribution >= 0.6 is 0 Å². The van der Waals surface area contributed by atoms with Gasteiger partial charge in [-0.25, -0.2) is 9.59 Å². The van der Waals surface area contributed by atoms with E-state index >= 15 is 0 Å². The van der Waals surface area contributed by atoms with Gasteiger partial charge >= 0.3 is 17.8 Å². The Labute approximate surface area is 220 Å². The molecule has 1 heterocycles. The number of hydrogen-bond donors (Lipinski definition) is 0. The molecule has 0 saturated carbocycles. The SMILES string of the molecule is C=C(C)C(=O)OCC(COc1ccc2cc(-c3ccc(CCCCC)cc3CC)c(=O)oc2c1)C(F)(F)F. The van der Waals surface area contributed by atoms with Crippen molar-refractivity contribution >= 4 is 16.9 Å². The maximum atomic E-state index is 13.4. The van der Waals surface area contributed by atoms with Gasteiger partial charge in [0.1, 0.15) is 30.5 Å². The molecule has 0 N–H and O–H groups in total. The zero-order valence-corrected chi connectivity index (χ0v) is 22.0. The number of halogens is 3. The molecule has 0 amide bonds. The average Bonchev–Trinajstić information content (AvgIpc) is 2.87. The van der Waals surface area contributed by atoms with Crippen LogP contribution in [-0.4, -0.2) is 25.4 Å². The number of rotatable bonds is 12. The number of esters is 1. The van der Waals surface area contributed by atoms with Gasteiger partial charge in [0.2, 0.25) is 0 Å². The number of alkyl halides is 3. The predicted octanol–water partition coefficient (Wildman–Crippen LogP) is 7.43. The minimum absolute atomic E-state index is 0.00439. The van der Waals surface area contributed by atoms with Gasteiger partial charge in [0, 0.05) is 17.0 Å². The normalized spacial score (nSPS) is 12.4. The maximum absolute atomic E-state index is 13.4. The Hall–Kier alpha value is -3.55. The highest BCUT2D eigenvalue weighted by atomic mass is 19.4. The van der Waals surface area contributed by atoms with Gasteiger partial charge in [-0.2, -0.15) is 13.2 Å². The van der Waals surface area contributed by atoms with Gasteiger partial charge in [0.15, 0.2) is 0 Å². The molecule has 0 radical (unpaired) electrons. The number of carbonyl (C=O) groups is 1. The van der Waals surface area contributed by atoms with Crippen LogP contribution in [0, 0.1) is 5.92 Å². The minimum Gasteiger partial charge on any atom is -0.493 e. The van der Waals surface area contributed by atoms with Gasteiger partial charge in [-0.05, 0) is 61.1 Å². The zero-order valence-electron chi connectivity index (χ0n) is 22.0. The topological polar surface area (TPSA) is 65.7 Å². The number of unbranched alkanes of at least 4 members (excludes halogenated alkanes) is 2. The molecule has 5 nitrogen and oxygen atoms in total. The second-order valence-corrected chi connectivity index (χ2v) is 9.38. The first kappa shape index (κ1) is 29.0. The first-order valence-electron chi connectivity index (χ1n) is 12.8. The van der Waals surface area contributed by atoms with Crippen molar-refractivity contribution in [3.8, 4) is 16.9 Å². The Balaban J connectivity index is 1.80. The van der Waals surface area contributed by atoms with Gasteiger partial charge in [-0.3, -0.25) is 0 Å². The maximum Gasteiger partial charge on any atom is 0.398 e. The molecule has 1 atom stereocenters. The number of aryl methyl sites for hydroxylation is 2. The number of fused-ring (bicyclic) bond motifs is 1. The standard InChI is InChI=1S/C30H33F3O5/c1-5-7-8-9-20-10-13-25(21(6-2)14-20)26-15-22-11-12-24(16-27(22)38-29(26)35)36-17-23(30(31,32)33)18-37-28(34)19(3)4/h10-16,23H,3,5-9,17-18H2,1-2,4H3. The number of hydrogen-bond acceptors (Lipinski definition) is 5. The van der Waals surface area contributed by atoms with Gasteiger partial charge in [-0.1, -0.05) is 51.5 Å². The highest BCUT2D eigenvalue weighted by molar-refractivity contribution is 5.87. The first-order valence-corrected chi connectivity index (χ1v) is 12.8. The summed E-state index contributed by atoms with van der Waals surface area (Å²) >= 11 is 0. The number of carbonyl (C=O) groups excluding carboxylic acids is 1. The Morgan fingerprint density at radius 1 is 1.03 bits per heavy atom. The lowest BCUT2D eigenvalue weighted by molar-refractivity contribution is -0.196. The van der Waals surface area contributed by atoms with E-state index in [1.54, 1.807) is 12.1 Å². The van der Waals surface area contributed by atoms with Crippen LogP contribution < -0.4 is 10.4 Å². The van der Waals surface area contributed by atoms with Crippen LogP contribution in [0.25, 0.3) is 22.1 Å². The molecule has 0 spiro atoms. The van der Waals surface area contributed by atoms with Crippen LogP contribution in [0.2, 0.25) is 0 Å². The van der Waals surface area contributed by atoms with E-state index in [4.69, 9.17) is 9.15 Å². The van der Waals surface area contributed by atoms with E-state index in [-0.39, 0.29) is 16.9 Å². The molecule has 0 aliphatic carbocycles. The van der Waals surface area contributed by atoms with E-state index in [2.05, 4.69) is 24.3 Å². The van der Waals surface area contributed by atoms with Crippen molar-refractivity contribution in [2.24, 2.45) is 5.92 Å². The summed E-state index contributed by atoms with van der Waals surface area (Å²) < 4.78 is 55.7. The third-order valence-electron chi connectivity index (χ3n) is 6.30. The third kappa shape index (κ3) is 7.49. The van der Waals surface area contributed by atoms with Crippen molar-refractivity contribution in [1.29, 1.82) is 0 Å². The molecule has 1 aromatic heterocycles. The van der Waals surface area contributed by atoms with E-state index in [9.17, 15) is 22.8 Å². The molecular formula is C30H33F3O5. The van der Waals surface area contributed by atoms with Gasteiger partial charge in [0.25, 0.3) is 0 Å². The summed E-state index contributed by atoms with van der Waals surface area (Å²) in [4.78, 5) is 24.4. The molecule has 204 valence electrons. The Bertz CT molecular complexity index is 1340. The van der Waals surface area contributed by atoms with Crippen LogP contribution in [0.4, 0.5) is 13.2 Å². The van der Waals surface area contributed by atoms with Crippen molar-refractivity contribution in [3.05, 3.63) is 76.2 Å². The van der Waals surface area contributed by atoms with Crippen molar-refractivity contribution in [3.63, 3.8) is 0 Å². The van der Waals surface area contributed by atoms with Crippen LogP contribution in [0.5, 0.6) is 5.75 Å². The zero-order chi connectivity index (χ0) is 27.9. The molecular weight excluding hydrogens is 497 g/mol. The van der Waals surface area contributed by atoms with Crippen molar-refractivity contribution in [1.82, 2.24) is 0 Å². The molecule has 38 heavy (non-hydrogen) atoms. The van der Waals surface area contributed by atoms with E-state index in [1.807, 2.05) is 19.1 Å². The van der Waals surface area contributed by atoms with E-state index in [0.717, 1.165) is 36.8 Å². The quantitative estimate of drug-likeness (QED) is 0.105. The average molecular weight is 531 g/mol. The highest BCUT2D eigenvalue weighted by Gasteiger charge is 2.41. The minimum atomic E-state index is -4.64. The lowest BCUT2D eigenvalue weighted by Crippen LogP contribution is -2.33. The summed E-state index contributed by atoms with van der Waals surface area (Å²) in [6, 6.07) is 12.4. The molecule has 0 bridgehead atoms. The molecule has 2 aromatic carbocycles. The Morgan fingerprint density at radius 2 is 1.79 bits per heavy atom. The fraction of sp³-hybridized carbons (Fsp3) is 0.400. The monoisotopic (exact) mass is 530 g/mol. The molecule has 8 heteroatoms. The van der Waals surface area contributed by atoms with E-state index < -0.39 is 36.9 Å². The first-order chi connectivity index (χ1) is 18.0. The fourth-order valence-corrected chi connectivity index (χ4v) is 4.04. The van der Waals surface area contributed by atoms with Gasteiger partial charge in [-0.15, -0.1) is 0 Å². The molecule has 0 saturated heterocycles. The van der Waals surface area contributed by atoms with Crippen LogP contribution in [0.3, 0.4) is 0 Å². The van der Waals surface area contributed by atoms with Gasteiger partial charge in [0.05, 0.1) is 5.56 Å². The number of ether oxygens (including phenoxy) is 2. The summed E-state index contributed by atoms with van der Waals surface area (Å²) in [5.41, 5.74) is 3.18. The molecule has 0 aliphatic rings. The van der Waals surface area contributed by atoms with Gasteiger partial charge < -0.3 is 13.9 Å². The van der Waals surface area contributed by atoms with E-state index in [0.29, 0.717) is 10.9 Å². The second-order valence-electron chi connectivity index (χ2n) is 9.38. The fourth-order valence-electron chi connectivity index (χ4n) is 4.04. The van der Waals surface area contributed by atoms with Crippen LogP contribution in [-0.2, 0) is 22.4 Å². The highest BCUT2D eigenvalue weighted by Crippen LogP contribution is 2.30. The third-order valence-corrected chi connectivity index (χ3v) is 6.30. The molecule has 0 aliphatic heterocycles. The van der Waals surface area contributed by atoms with Crippen LogP contribution in [0.1, 0.15) is 51.2 Å². The lowest BCUT2D eigenvalue weighted by Gasteiger charge is -2.20. The number of benzene rings is 2. The largest absolute Gasteiger partial charge is 0.493 e. The summed E-state index contributed by atoms with van der Waals surface area (Å²) in [5, 5.41) is 0.615. The summed E-state index contributed by atoms with van der Waals surface area (Å²) in [6.07, 6.45) is 0.534. The molecule has 0 fully saturated rings. The molecule has 3 aromatic rings. The Kier molecular flexibility index (Phi) is 9.78. The van der Waals surface area contributed by atoms with Crippen molar-refractivity contribution in [2.45, 2.75) is 59.1 Å². The summed E-state index contributed by atoms with van der Waals surface area (Å²) in [7, 11) is 0. The van der Waals surface area contributed by atoms with E-state index in [1.165, 1.54) is 31.0 Å². The lowest BCUT2D eigenvalue weighted by atomic mass is 9.94. The van der Waals surface area contributed by atoms with Crippen molar-refractivity contribution in [2.75, 3.05) is 13.2 Å².